The number of phenolic OH excluding ortho intramolecular Hbond substituents is 1. The molecule has 0 spiro atoms. The van der Waals surface area contributed by atoms with Crippen LogP contribution in [0.3, 0.4) is 0 Å². The third kappa shape index (κ3) is 7.04. The molecule has 7 heteroatoms. The Morgan fingerprint density at radius 3 is 2.00 bits per heavy atom. The van der Waals surface area contributed by atoms with Gasteiger partial charge in [-0.25, -0.2) is 0 Å². The predicted octanol–water partition coefficient (Wildman–Crippen LogP) is 7.20. The van der Waals surface area contributed by atoms with Gasteiger partial charge in [0.1, 0.15) is 11.6 Å². The van der Waals surface area contributed by atoms with Gasteiger partial charge in [0, 0.05) is 41.8 Å². The second-order valence-electron chi connectivity index (χ2n) is 12.4. The molecular weight excluding hydrogens is 542 g/mol. The Bertz CT molecular complexity index is 1140. The van der Waals surface area contributed by atoms with Crippen molar-refractivity contribution in [1.29, 1.82) is 5.41 Å². The number of nitrogens with one attached hydrogen (secondary N) is 2. The molecule has 38 heavy (non-hydrogen) atoms. The highest BCUT2D eigenvalue weighted by atomic mass is 79.9. The monoisotopic (exact) mass is 585 g/mol. The van der Waals surface area contributed by atoms with Crippen molar-refractivity contribution < 1.29 is 14.7 Å². The first-order valence-corrected chi connectivity index (χ1v) is 13.3. The van der Waals surface area contributed by atoms with Gasteiger partial charge < -0.3 is 15.3 Å². The highest BCUT2D eigenvalue weighted by Gasteiger charge is 2.39. The van der Waals surface area contributed by atoms with Gasteiger partial charge in [0.2, 0.25) is 5.91 Å². The van der Waals surface area contributed by atoms with Gasteiger partial charge in [-0.05, 0) is 53.0 Å². The topological polar surface area (TPSA) is 93.5 Å². The predicted molar refractivity (Wildman–Crippen MR) is 161 cm³/mol. The van der Waals surface area contributed by atoms with Crippen molar-refractivity contribution in [2.24, 2.45) is 5.92 Å². The average Bonchev–Trinajstić information content (AvgIpc) is 3.07. The molecule has 1 aliphatic rings. The van der Waals surface area contributed by atoms with E-state index in [0.717, 1.165) is 35.2 Å². The van der Waals surface area contributed by atoms with Crippen molar-refractivity contribution in [2.75, 3.05) is 18.4 Å². The van der Waals surface area contributed by atoms with Gasteiger partial charge in [-0.3, -0.25) is 15.0 Å². The number of carbonyl (C=O) groups is 2. The first-order chi connectivity index (χ1) is 17.1. The maximum Gasteiger partial charge on any atom is 0.221 e. The number of phenols is 1. The first-order valence-electron chi connectivity index (χ1n) is 13.3. The zero-order chi connectivity index (χ0) is 27.7. The lowest BCUT2D eigenvalue weighted by atomic mass is 9.78. The minimum Gasteiger partial charge on any atom is -0.507 e. The summed E-state index contributed by atoms with van der Waals surface area (Å²) in [6.45, 7) is 16.7. The van der Waals surface area contributed by atoms with Gasteiger partial charge in [0.25, 0.3) is 0 Å². The Labute approximate surface area is 238 Å². The van der Waals surface area contributed by atoms with Gasteiger partial charge >= 0.3 is 0 Å². The first kappa shape index (κ1) is 31.5. The summed E-state index contributed by atoms with van der Waals surface area (Å²) in [4.78, 5) is 26.9. The van der Waals surface area contributed by atoms with Crippen LogP contribution in [0.2, 0.25) is 0 Å². The van der Waals surface area contributed by atoms with E-state index in [2.05, 4.69) is 12.2 Å². The molecule has 208 valence electrons. The number of aromatic hydroxyl groups is 1. The highest BCUT2D eigenvalue weighted by Crippen LogP contribution is 2.41. The Morgan fingerprint density at radius 1 is 1.03 bits per heavy atom. The molecule has 2 aromatic rings. The second-order valence-corrected chi connectivity index (χ2v) is 12.4. The summed E-state index contributed by atoms with van der Waals surface area (Å²) in [5, 5.41) is 22.8. The number of amides is 1. The van der Waals surface area contributed by atoms with E-state index in [4.69, 9.17) is 5.41 Å². The number of halogens is 1. The van der Waals surface area contributed by atoms with E-state index in [-0.39, 0.29) is 63.6 Å². The molecule has 0 unspecified atom stereocenters. The minimum atomic E-state index is -0.318. The van der Waals surface area contributed by atoms with Crippen LogP contribution in [-0.2, 0) is 15.6 Å². The molecular formula is C31H44BrN3O3. The van der Waals surface area contributed by atoms with Crippen LogP contribution in [0, 0.1) is 11.3 Å². The fraction of sp³-hybridized carbons (Fsp3) is 0.516. The lowest BCUT2D eigenvalue weighted by molar-refractivity contribution is -0.114. The molecule has 3 rings (SSSR count). The molecule has 1 aliphatic heterocycles. The maximum atomic E-state index is 13.6. The highest BCUT2D eigenvalue weighted by molar-refractivity contribution is 8.93. The number of nitrogens with zero attached hydrogens (tertiary/aromatic N) is 1. The van der Waals surface area contributed by atoms with E-state index < -0.39 is 0 Å². The number of amidine groups is 1. The number of Topliss-reactive ketones (excluding diaryl/α,β-unsaturated/α-hetero) is 1. The fourth-order valence-electron chi connectivity index (χ4n) is 5.30. The summed E-state index contributed by atoms with van der Waals surface area (Å²) in [5.41, 5.74) is 3.24. The minimum absolute atomic E-state index is 0. The number of benzene rings is 2. The molecule has 6 nitrogen and oxygen atoms in total. The fourth-order valence-corrected chi connectivity index (χ4v) is 5.30. The van der Waals surface area contributed by atoms with Crippen molar-refractivity contribution in [3.05, 3.63) is 58.7 Å². The van der Waals surface area contributed by atoms with Gasteiger partial charge in [-0.15, -0.1) is 17.0 Å². The van der Waals surface area contributed by atoms with Gasteiger partial charge in [-0.2, -0.15) is 0 Å². The van der Waals surface area contributed by atoms with E-state index >= 15 is 0 Å². The Hall–Kier alpha value is -2.67. The largest absolute Gasteiger partial charge is 0.507 e. The normalized spacial score (nSPS) is 17.8. The molecule has 0 saturated carbocycles. The third-order valence-electron chi connectivity index (χ3n) is 7.19. The number of likely N-dealkylation sites (tertiary alicyclic amines) is 1. The molecule has 0 aliphatic carbocycles. The molecule has 1 saturated heterocycles. The summed E-state index contributed by atoms with van der Waals surface area (Å²) in [6, 6.07) is 11.4. The zero-order valence-electron chi connectivity index (χ0n) is 24.1. The molecule has 0 bridgehead atoms. The number of anilines is 1. The molecule has 1 fully saturated rings. The number of rotatable bonds is 7. The second kappa shape index (κ2) is 12.0. The van der Waals surface area contributed by atoms with E-state index in [1.165, 1.54) is 6.92 Å². The van der Waals surface area contributed by atoms with E-state index in [1.54, 1.807) is 0 Å². The van der Waals surface area contributed by atoms with E-state index in [1.807, 2.05) is 82.8 Å². The van der Waals surface area contributed by atoms with Crippen LogP contribution in [0.4, 0.5) is 5.69 Å². The molecule has 2 aromatic carbocycles. The van der Waals surface area contributed by atoms with Crippen LogP contribution < -0.4 is 5.32 Å². The molecule has 2 atom stereocenters. The van der Waals surface area contributed by atoms with Crippen molar-refractivity contribution >= 4 is 40.2 Å². The van der Waals surface area contributed by atoms with E-state index in [9.17, 15) is 14.7 Å². The molecule has 3 N–H and O–H groups in total. The number of hydrogen-bond acceptors (Lipinski definition) is 4. The zero-order valence-corrected chi connectivity index (χ0v) is 25.8. The standard InChI is InChI=1S/C31H43N3O3.BrH/c1-9-10-21-17-34(29(32)27(21)20-11-13-23(14-12-20)33-19(2)35)18-26(36)22-15-24(30(3,4)5)28(37)25(16-22)31(6,7)8;/h11-16,21,27,32,37H,9-10,17-18H2,1-8H3,(H,33,35);1H/t21-,27+;/m0./s1. The number of carbonyl (C=O) groups excluding carboxylic acids is 2. The summed E-state index contributed by atoms with van der Waals surface area (Å²) in [7, 11) is 0. The smallest absolute Gasteiger partial charge is 0.221 e. The lowest BCUT2D eigenvalue weighted by Gasteiger charge is -2.28. The van der Waals surface area contributed by atoms with E-state index in [0.29, 0.717) is 17.9 Å². The number of ketones is 1. The summed E-state index contributed by atoms with van der Waals surface area (Å²) < 4.78 is 0. The Balaban J connectivity index is 0.00000507. The van der Waals surface area contributed by atoms with Gasteiger partial charge in [-0.1, -0.05) is 67.0 Å². The maximum absolute atomic E-state index is 13.6. The van der Waals surface area contributed by atoms with Crippen molar-refractivity contribution in [3.63, 3.8) is 0 Å². The SMILES string of the molecule is Br.CCC[C@H]1CN(CC(=O)c2cc(C(C)(C)C)c(O)c(C(C)(C)C)c2)C(=N)[C@@H]1c1ccc(NC(C)=O)cc1. The molecule has 0 aromatic heterocycles. The molecule has 1 amide bonds. The summed E-state index contributed by atoms with van der Waals surface area (Å²) in [6.07, 6.45) is 1.97. The van der Waals surface area contributed by atoms with Crippen molar-refractivity contribution in [3.8, 4) is 5.75 Å². The van der Waals surface area contributed by atoms with Crippen LogP contribution in [0.25, 0.3) is 0 Å². The Morgan fingerprint density at radius 2 is 1.55 bits per heavy atom. The summed E-state index contributed by atoms with van der Waals surface area (Å²) >= 11 is 0. The lowest BCUT2D eigenvalue weighted by Crippen LogP contribution is -2.32. The van der Waals surface area contributed by atoms with Crippen LogP contribution in [0.15, 0.2) is 36.4 Å². The average molecular weight is 587 g/mol. The van der Waals surface area contributed by atoms with Crippen molar-refractivity contribution in [1.82, 2.24) is 4.90 Å². The number of hydrogen-bond donors (Lipinski definition) is 3. The van der Waals surface area contributed by atoms with Crippen LogP contribution >= 0.6 is 17.0 Å². The van der Waals surface area contributed by atoms with Crippen molar-refractivity contribution in [2.45, 2.75) is 85.0 Å². The quantitative estimate of drug-likeness (QED) is 0.299. The third-order valence-corrected chi connectivity index (χ3v) is 7.19. The summed E-state index contributed by atoms with van der Waals surface area (Å²) in [5.74, 6) is 0.716. The molecule has 1 heterocycles. The van der Waals surface area contributed by atoms with Crippen LogP contribution in [0.5, 0.6) is 5.75 Å². The Kier molecular flexibility index (Phi) is 9.98. The van der Waals surface area contributed by atoms with Gasteiger partial charge in [0.05, 0.1) is 6.54 Å². The van der Waals surface area contributed by atoms with Crippen LogP contribution in [0.1, 0.15) is 101 Å². The van der Waals surface area contributed by atoms with Gasteiger partial charge in [0.15, 0.2) is 5.78 Å². The molecule has 0 radical (unpaired) electrons. The van der Waals surface area contributed by atoms with Crippen LogP contribution in [-0.4, -0.2) is 40.6 Å².